The molecule has 11 heteroatoms. The molecule has 1 aliphatic heterocycles. The number of hydrogen-bond acceptors (Lipinski definition) is 10. The summed E-state index contributed by atoms with van der Waals surface area (Å²) in [5.41, 5.74) is 4.58. The Morgan fingerprint density at radius 1 is 0.905 bits per heavy atom. The Labute approximate surface area is 371 Å². The third-order valence-electron chi connectivity index (χ3n) is 12.6. The van der Waals surface area contributed by atoms with E-state index in [1.54, 1.807) is 24.2 Å². The number of oxime groups is 1. The molecule has 2 N–H and O–H groups in total. The number of rotatable bonds is 23. The Balaban J connectivity index is 1.38. The van der Waals surface area contributed by atoms with Gasteiger partial charge in [0.25, 0.3) is 0 Å². The largest absolute Gasteiger partial charge is 0.490 e. The molecule has 0 saturated heterocycles. The van der Waals surface area contributed by atoms with Gasteiger partial charge in [0, 0.05) is 31.1 Å². The third-order valence-corrected chi connectivity index (χ3v) is 12.6. The number of fused-ring (bicyclic) bond motifs is 3. The zero-order chi connectivity index (χ0) is 44.0. The van der Waals surface area contributed by atoms with Crippen molar-refractivity contribution in [2.24, 2.45) is 22.9 Å². The van der Waals surface area contributed by atoms with E-state index in [2.05, 4.69) is 43.5 Å². The highest BCUT2D eigenvalue weighted by Crippen LogP contribution is 2.62. The van der Waals surface area contributed by atoms with Crippen molar-refractivity contribution >= 4 is 22.6 Å². The van der Waals surface area contributed by atoms with E-state index in [4.69, 9.17) is 33.7 Å². The highest BCUT2D eigenvalue weighted by molar-refractivity contribution is 6.03. The predicted octanol–water partition coefficient (Wildman–Crippen LogP) is 9.52. The number of carbonyl (C=O) groups is 1. The molecule has 0 spiro atoms. The summed E-state index contributed by atoms with van der Waals surface area (Å²) in [5.74, 6) is -0.638. The Bertz CT molecular complexity index is 2200. The van der Waals surface area contributed by atoms with E-state index in [0.717, 1.165) is 58.7 Å². The van der Waals surface area contributed by atoms with E-state index in [1.807, 2.05) is 66.7 Å². The van der Waals surface area contributed by atoms with Gasteiger partial charge in [-0.2, -0.15) is 0 Å². The van der Waals surface area contributed by atoms with Gasteiger partial charge in [-0.05, 0) is 83.2 Å². The van der Waals surface area contributed by atoms with E-state index in [1.165, 1.54) is 0 Å². The van der Waals surface area contributed by atoms with Crippen LogP contribution in [0.2, 0.25) is 0 Å². The SMILES string of the molecule is C=CCOc1ccc2c(c1)[C@H]1[C@H](CCCCO)[C@@H](CCCCO)C=C3C(=NOC)C[C@H](N(Cc4cccc5ccccc45)C(=O)OCCOCc4ccccc4)[C@@](OCC=C)(O2)[C@H]31. The van der Waals surface area contributed by atoms with Crippen LogP contribution in [-0.2, 0) is 32.2 Å². The normalized spacial score (nSPS) is 22.9. The summed E-state index contributed by atoms with van der Waals surface area (Å²) in [6.45, 7) is 9.41. The maximum absolute atomic E-state index is 15.0. The quantitative estimate of drug-likeness (QED) is 0.0426. The van der Waals surface area contributed by atoms with Crippen LogP contribution in [0, 0.1) is 17.8 Å². The Morgan fingerprint density at radius 3 is 2.44 bits per heavy atom. The smallest absolute Gasteiger partial charge is 0.410 e. The van der Waals surface area contributed by atoms with Crippen LogP contribution in [0.3, 0.4) is 0 Å². The van der Waals surface area contributed by atoms with Gasteiger partial charge < -0.3 is 38.7 Å². The fourth-order valence-electron chi connectivity index (χ4n) is 9.95. The summed E-state index contributed by atoms with van der Waals surface area (Å²) >= 11 is 0. The molecular weight excluding hydrogens is 797 g/mol. The number of allylic oxidation sites excluding steroid dienone is 1. The van der Waals surface area contributed by atoms with E-state index >= 15 is 4.79 Å². The minimum Gasteiger partial charge on any atom is -0.490 e. The maximum atomic E-state index is 15.0. The molecule has 2 aliphatic carbocycles. The molecule has 0 unspecified atom stereocenters. The molecule has 0 radical (unpaired) electrons. The fourth-order valence-corrected chi connectivity index (χ4v) is 9.95. The summed E-state index contributed by atoms with van der Waals surface area (Å²) in [4.78, 5) is 22.4. The lowest BCUT2D eigenvalue weighted by Gasteiger charge is -2.59. The van der Waals surface area contributed by atoms with Crippen molar-refractivity contribution in [1.29, 1.82) is 0 Å². The van der Waals surface area contributed by atoms with E-state index in [9.17, 15) is 10.2 Å². The topological polar surface area (TPSA) is 129 Å². The first-order valence-electron chi connectivity index (χ1n) is 22.3. The zero-order valence-electron chi connectivity index (χ0n) is 36.4. The number of unbranched alkanes of at least 4 members (excludes halogenated alkanes) is 2. The Kier molecular flexibility index (Phi) is 16.1. The number of aliphatic hydroxyl groups excluding tert-OH is 2. The first-order chi connectivity index (χ1) is 31.0. The second-order valence-corrected chi connectivity index (χ2v) is 16.5. The van der Waals surface area contributed by atoms with Gasteiger partial charge in [0.1, 0.15) is 37.9 Å². The third kappa shape index (κ3) is 10.3. The zero-order valence-corrected chi connectivity index (χ0v) is 36.4. The van der Waals surface area contributed by atoms with Gasteiger partial charge >= 0.3 is 6.09 Å². The van der Waals surface area contributed by atoms with Crippen LogP contribution < -0.4 is 9.47 Å². The van der Waals surface area contributed by atoms with E-state index < -0.39 is 23.8 Å². The summed E-state index contributed by atoms with van der Waals surface area (Å²) in [7, 11) is 1.54. The predicted molar refractivity (Wildman–Crippen MR) is 245 cm³/mol. The molecule has 1 heterocycles. The van der Waals surface area contributed by atoms with Crippen molar-refractivity contribution in [3.05, 3.63) is 145 Å². The maximum Gasteiger partial charge on any atom is 0.410 e. The van der Waals surface area contributed by atoms with Crippen molar-refractivity contribution in [2.75, 3.05) is 46.8 Å². The molecule has 4 aromatic carbocycles. The molecular formula is C52H62N2O9. The van der Waals surface area contributed by atoms with E-state index in [0.29, 0.717) is 43.3 Å². The standard InChI is InChI=1S/C52H62N2O9/c1-4-28-60-41-24-25-47-45(33-41)49-43(23-12-14-27-56)39(19-11-13-26-55)32-44-46(53-58-3)34-48(52(63-47,50(44)49)62-29-5-2)54(35-40-21-15-20-38-18-9-10-22-42(38)40)51(57)61-31-30-59-36-37-16-7-6-8-17-37/h4-10,15-18,20-22,24-25,32-33,39,43,48-50,55-56H,1-2,11-14,19,23,26-31,34-36H2,3H3/t39-,43+,48-,49+,50+,52+/m0/s1. The van der Waals surface area contributed by atoms with Gasteiger partial charge in [-0.25, -0.2) is 4.79 Å². The minimum atomic E-state index is -1.45. The molecule has 334 valence electrons. The van der Waals surface area contributed by atoms with Crippen molar-refractivity contribution in [3.63, 3.8) is 0 Å². The van der Waals surface area contributed by atoms with Crippen molar-refractivity contribution in [2.45, 2.75) is 75.8 Å². The lowest BCUT2D eigenvalue weighted by atomic mass is 9.55. The van der Waals surface area contributed by atoms with Crippen LogP contribution in [-0.4, -0.2) is 85.5 Å². The van der Waals surface area contributed by atoms with Crippen LogP contribution in [0.25, 0.3) is 10.8 Å². The van der Waals surface area contributed by atoms with Gasteiger partial charge in [-0.3, -0.25) is 4.90 Å². The number of ether oxygens (including phenoxy) is 5. The number of hydrogen-bond donors (Lipinski definition) is 2. The molecule has 6 atom stereocenters. The molecule has 3 aliphatic rings. The molecule has 1 amide bonds. The number of carbonyl (C=O) groups excluding carboxylic acids is 1. The molecule has 0 bridgehead atoms. The summed E-state index contributed by atoms with van der Waals surface area (Å²) in [6.07, 6.45) is 10.1. The van der Waals surface area contributed by atoms with Crippen LogP contribution in [0.5, 0.6) is 11.5 Å². The number of amides is 1. The molecule has 1 fully saturated rings. The van der Waals surface area contributed by atoms with Gasteiger partial charge in [0.2, 0.25) is 5.79 Å². The molecule has 0 aromatic heterocycles. The first-order valence-corrected chi connectivity index (χ1v) is 22.3. The average Bonchev–Trinajstić information content (AvgIpc) is 3.31. The molecule has 1 saturated carbocycles. The van der Waals surface area contributed by atoms with E-state index in [-0.39, 0.29) is 63.8 Å². The summed E-state index contributed by atoms with van der Waals surface area (Å²) in [6, 6.07) is 29.3. The average molecular weight is 859 g/mol. The number of nitrogens with zero attached hydrogens (tertiary/aromatic N) is 2. The first kappa shape index (κ1) is 45.6. The van der Waals surface area contributed by atoms with Crippen LogP contribution in [0.4, 0.5) is 4.79 Å². The summed E-state index contributed by atoms with van der Waals surface area (Å²) < 4.78 is 32.8. The fraction of sp³-hybridized carbons (Fsp3) is 0.423. The Morgan fingerprint density at radius 2 is 1.67 bits per heavy atom. The molecule has 11 nitrogen and oxygen atoms in total. The number of aliphatic hydroxyl groups is 2. The van der Waals surface area contributed by atoms with Gasteiger partial charge in [-0.15, -0.1) is 6.58 Å². The lowest BCUT2D eigenvalue weighted by molar-refractivity contribution is -0.256. The van der Waals surface area contributed by atoms with Crippen molar-refractivity contribution in [1.82, 2.24) is 4.90 Å². The highest BCUT2D eigenvalue weighted by atomic mass is 16.7. The van der Waals surface area contributed by atoms with Crippen LogP contribution in [0.1, 0.15) is 67.6 Å². The van der Waals surface area contributed by atoms with Gasteiger partial charge in [0.15, 0.2) is 0 Å². The number of benzene rings is 4. The molecule has 4 aromatic rings. The van der Waals surface area contributed by atoms with Crippen molar-refractivity contribution in [3.8, 4) is 11.5 Å². The molecule has 63 heavy (non-hydrogen) atoms. The van der Waals surface area contributed by atoms with Crippen molar-refractivity contribution < 1.29 is 43.5 Å². The van der Waals surface area contributed by atoms with Gasteiger partial charge in [0.05, 0.1) is 38.0 Å². The lowest BCUT2D eigenvalue weighted by Crippen LogP contribution is -2.70. The monoisotopic (exact) mass is 858 g/mol. The van der Waals surface area contributed by atoms with Crippen LogP contribution >= 0.6 is 0 Å². The second-order valence-electron chi connectivity index (χ2n) is 16.5. The van der Waals surface area contributed by atoms with Gasteiger partial charge in [-0.1, -0.05) is 116 Å². The van der Waals surface area contributed by atoms with Crippen LogP contribution in [0.15, 0.2) is 133 Å². The Hall–Kier alpha value is -5.46. The minimum absolute atomic E-state index is 0.0286. The summed E-state index contributed by atoms with van der Waals surface area (Å²) in [5, 5.41) is 26.6. The molecule has 7 rings (SSSR count). The highest BCUT2D eigenvalue weighted by Gasteiger charge is 2.65. The second kappa shape index (κ2) is 22.2.